The van der Waals surface area contributed by atoms with E-state index >= 15 is 0 Å². The fraction of sp³-hybridized carbons (Fsp3) is 0.647. The van der Waals surface area contributed by atoms with E-state index in [2.05, 4.69) is 39.5 Å². The minimum Gasteiger partial charge on any atom is -0.383 e. The number of ether oxygens (including phenoxy) is 1. The van der Waals surface area contributed by atoms with Gasteiger partial charge in [0.05, 0.1) is 24.7 Å². The number of methoxy groups -OCH3 is 1. The number of amides is 1. The van der Waals surface area contributed by atoms with Crippen LogP contribution in [-0.4, -0.2) is 57.7 Å². The third kappa shape index (κ3) is 5.84. The lowest BCUT2D eigenvalue weighted by Crippen LogP contribution is -2.27. The van der Waals surface area contributed by atoms with Crippen molar-refractivity contribution in [2.45, 2.75) is 50.6 Å². The third-order valence-electron chi connectivity index (χ3n) is 3.54. The molecule has 2 rings (SSSR count). The molecule has 2 N–H and O–H groups in total. The predicted octanol–water partition coefficient (Wildman–Crippen LogP) is 2.30. The normalized spacial score (nSPS) is 11.3. The molecule has 0 unspecified atom stereocenters. The fourth-order valence-corrected chi connectivity index (χ4v) is 3.09. The summed E-state index contributed by atoms with van der Waals surface area (Å²) >= 11 is 1.61. The van der Waals surface area contributed by atoms with Gasteiger partial charge in [-0.2, -0.15) is 5.10 Å². The number of carbonyl (C=O) groups is 1. The van der Waals surface area contributed by atoms with Crippen LogP contribution in [0.1, 0.15) is 33.6 Å². The smallest absolute Gasteiger partial charge is 0.220 e. The van der Waals surface area contributed by atoms with Gasteiger partial charge in [-0.25, -0.2) is 14.6 Å². The first-order valence-corrected chi connectivity index (χ1v) is 9.82. The number of anilines is 1. The number of rotatable bonds is 11. The van der Waals surface area contributed by atoms with Crippen molar-refractivity contribution in [3.63, 3.8) is 0 Å². The maximum atomic E-state index is 11.6. The van der Waals surface area contributed by atoms with E-state index in [0.717, 1.165) is 23.3 Å². The molecule has 0 bridgehead atoms. The Morgan fingerprint density at radius 1 is 1.35 bits per heavy atom. The number of nitrogens with one attached hydrogen (secondary N) is 2. The summed E-state index contributed by atoms with van der Waals surface area (Å²) < 4.78 is 6.91. The van der Waals surface area contributed by atoms with E-state index in [0.29, 0.717) is 43.1 Å². The molecule has 1 amide bonds. The van der Waals surface area contributed by atoms with Gasteiger partial charge in [0, 0.05) is 31.9 Å². The molecule has 2 heterocycles. The maximum Gasteiger partial charge on any atom is 0.220 e. The Hall–Kier alpha value is -1.87. The van der Waals surface area contributed by atoms with Gasteiger partial charge in [0.25, 0.3) is 0 Å². The van der Waals surface area contributed by atoms with E-state index < -0.39 is 0 Å². The van der Waals surface area contributed by atoms with Crippen LogP contribution in [0.15, 0.2) is 11.4 Å². The summed E-state index contributed by atoms with van der Waals surface area (Å²) in [5.74, 6) is 0.827. The fourth-order valence-electron chi connectivity index (χ4n) is 2.39. The molecule has 144 valence electrons. The monoisotopic (exact) mass is 380 g/mol. The molecule has 2 aromatic rings. The molecule has 0 atom stereocenters. The number of carbonyl (C=O) groups excluding carboxylic acids is 1. The van der Waals surface area contributed by atoms with E-state index in [1.807, 2.05) is 11.6 Å². The summed E-state index contributed by atoms with van der Waals surface area (Å²) in [5, 5.41) is 12.6. The number of nitrogens with zero attached hydrogens (tertiary/aromatic N) is 4. The summed E-state index contributed by atoms with van der Waals surface area (Å²) in [4.78, 5) is 20.9. The average Bonchev–Trinajstić information content (AvgIpc) is 2.98. The minimum atomic E-state index is 0.0663. The first-order valence-electron chi connectivity index (χ1n) is 8.94. The summed E-state index contributed by atoms with van der Waals surface area (Å²) in [5.41, 5.74) is 0.771. The summed E-state index contributed by atoms with van der Waals surface area (Å²) in [7, 11) is 1.67. The van der Waals surface area contributed by atoms with Gasteiger partial charge in [0.2, 0.25) is 5.91 Å². The molecule has 9 heteroatoms. The van der Waals surface area contributed by atoms with Crippen molar-refractivity contribution in [1.82, 2.24) is 25.1 Å². The van der Waals surface area contributed by atoms with Crippen LogP contribution in [0.3, 0.4) is 0 Å². The second kappa shape index (κ2) is 10.3. The summed E-state index contributed by atoms with van der Waals surface area (Å²) in [6.07, 6.45) is 3.16. The lowest BCUT2D eigenvalue weighted by Gasteiger charge is -2.10. The van der Waals surface area contributed by atoms with Crippen LogP contribution in [0.5, 0.6) is 0 Å². The van der Waals surface area contributed by atoms with Crippen molar-refractivity contribution in [2.75, 3.05) is 32.1 Å². The van der Waals surface area contributed by atoms with Crippen molar-refractivity contribution in [1.29, 1.82) is 0 Å². The molecule has 26 heavy (non-hydrogen) atoms. The van der Waals surface area contributed by atoms with E-state index in [1.165, 1.54) is 0 Å². The quantitative estimate of drug-likeness (QED) is 0.351. The van der Waals surface area contributed by atoms with Gasteiger partial charge >= 0.3 is 0 Å². The zero-order chi connectivity index (χ0) is 18.9. The third-order valence-corrected chi connectivity index (χ3v) is 4.40. The van der Waals surface area contributed by atoms with Crippen molar-refractivity contribution in [3.8, 4) is 0 Å². The minimum absolute atomic E-state index is 0.0663. The standard InChI is InChI=1S/C17H28N6O2S/c1-5-6-14(24)18-7-9-23-16-13(11-20-23)15(19-8-10-25-4)21-17(22-16)26-12(2)3/h11-12H,5-10H2,1-4H3,(H,18,24)(H,19,21,22). The van der Waals surface area contributed by atoms with Gasteiger partial charge in [-0.3, -0.25) is 4.79 Å². The largest absolute Gasteiger partial charge is 0.383 e. The van der Waals surface area contributed by atoms with Gasteiger partial charge in [0.1, 0.15) is 5.82 Å². The Balaban J connectivity index is 2.19. The van der Waals surface area contributed by atoms with Gasteiger partial charge in [0.15, 0.2) is 10.8 Å². The average molecular weight is 381 g/mol. The molecule has 0 fully saturated rings. The highest BCUT2D eigenvalue weighted by Crippen LogP contribution is 2.26. The molecular weight excluding hydrogens is 352 g/mol. The molecule has 8 nitrogen and oxygen atoms in total. The van der Waals surface area contributed by atoms with Gasteiger partial charge in [-0.05, 0) is 6.42 Å². The number of aromatic nitrogens is 4. The van der Waals surface area contributed by atoms with Crippen molar-refractivity contribution < 1.29 is 9.53 Å². The van der Waals surface area contributed by atoms with Gasteiger partial charge in [-0.15, -0.1) is 0 Å². The molecule has 0 radical (unpaired) electrons. The highest BCUT2D eigenvalue weighted by Gasteiger charge is 2.14. The van der Waals surface area contributed by atoms with Crippen LogP contribution < -0.4 is 10.6 Å². The Labute approximate surface area is 158 Å². The van der Waals surface area contributed by atoms with Gasteiger partial charge < -0.3 is 15.4 Å². The van der Waals surface area contributed by atoms with Crippen LogP contribution in [0.25, 0.3) is 11.0 Å². The summed E-state index contributed by atoms with van der Waals surface area (Å²) in [6, 6.07) is 0. The van der Waals surface area contributed by atoms with Gasteiger partial charge in [-0.1, -0.05) is 32.5 Å². The molecule has 0 aliphatic carbocycles. The molecule has 0 spiro atoms. The highest BCUT2D eigenvalue weighted by molar-refractivity contribution is 7.99. The number of hydrogen-bond acceptors (Lipinski definition) is 7. The predicted molar refractivity (Wildman–Crippen MR) is 105 cm³/mol. The van der Waals surface area contributed by atoms with Crippen LogP contribution in [-0.2, 0) is 16.1 Å². The van der Waals surface area contributed by atoms with Crippen LogP contribution >= 0.6 is 11.8 Å². The first kappa shape index (κ1) is 20.4. The van der Waals surface area contributed by atoms with Crippen molar-refractivity contribution in [3.05, 3.63) is 6.20 Å². The molecule has 2 aromatic heterocycles. The summed E-state index contributed by atoms with van der Waals surface area (Å²) in [6.45, 7) is 8.55. The second-order valence-corrected chi connectivity index (χ2v) is 7.69. The topological polar surface area (TPSA) is 94.0 Å². The van der Waals surface area contributed by atoms with Crippen LogP contribution in [0.4, 0.5) is 5.82 Å². The van der Waals surface area contributed by atoms with Crippen LogP contribution in [0.2, 0.25) is 0 Å². The SMILES string of the molecule is CCCC(=O)NCCn1ncc2c(NCCOC)nc(SC(C)C)nc21. The molecule has 0 saturated carbocycles. The highest BCUT2D eigenvalue weighted by atomic mass is 32.2. The van der Waals surface area contributed by atoms with Crippen LogP contribution in [0, 0.1) is 0 Å². The number of thioether (sulfide) groups is 1. The lowest BCUT2D eigenvalue weighted by molar-refractivity contribution is -0.121. The first-order chi connectivity index (χ1) is 12.5. The zero-order valence-electron chi connectivity index (χ0n) is 15.9. The molecular formula is C17H28N6O2S. The van der Waals surface area contributed by atoms with Crippen molar-refractivity contribution in [2.24, 2.45) is 0 Å². The van der Waals surface area contributed by atoms with E-state index in [1.54, 1.807) is 25.1 Å². The second-order valence-electron chi connectivity index (χ2n) is 6.15. The molecule has 0 aliphatic heterocycles. The number of fused-ring (bicyclic) bond motifs is 1. The lowest BCUT2D eigenvalue weighted by atomic mass is 10.3. The maximum absolute atomic E-state index is 11.6. The molecule has 0 aliphatic rings. The Morgan fingerprint density at radius 2 is 2.15 bits per heavy atom. The van der Waals surface area contributed by atoms with Crippen molar-refractivity contribution >= 4 is 34.5 Å². The Morgan fingerprint density at radius 3 is 2.85 bits per heavy atom. The van der Waals surface area contributed by atoms with E-state index in [-0.39, 0.29) is 5.91 Å². The van der Waals surface area contributed by atoms with E-state index in [9.17, 15) is 4.79 Å². The molecule has 0 saturated heterocycles. The van der Waals surface area contributed by atoms with E-state index in [4.69, 9.17) is 4.74 Å². The zero-order valence-corrected chi connectivity index (χ0v) is 16.7. The molecule has 0 aromatic carbocycles. The number of hydrogen-bond donors (Lipinski definition) is 2. The Bertz CT molecular complexity index is 719. The Kier molecular flexibility index (Phi) is 8.11.